The quantitative estimate of drug-likeness (QED) is 0.871. The Labute approximate surface area is 108 Å². The Balaban J connectivity index is 2.43. The van der Waals surface area contributed by atoms with Crippen LogP contribution < -0.4 is 10.9 Å². The van der Waals surface area contributed by atoms with Gasteiger partial charge in [0.15, 0.2) is 0 Å². The summed E-state index contributed by atoms with van der Waals surface area (Å²) in [5.74, 6) is 0.629. The van der Waals surface area contributed by atoms with Crippen LogP contribution in [0.5, 0.6) is 0 Å². The van der Waals surface area contributed by atoms with Crippen LogP contribution in [0.4, 0.5) is 0 Å². The van der Waals surface area contributed by atoms with Crippen molar-refractivity contribution in [1.29, 1.82) is 0 Å². The van der Waals surface area contributed by atoms with E-state index in [1.165, 1.54) is 18.9 Å². The van der Waals surface area contributed by atoms with Gasteiger partial charge < -0.3 is 5.73 Å². The van der Waals surface area contributed by atoms with E-state index in [-0.39, 0.29) is 10.9 Å². The van der Waals surface area contributed by atoms with Crippen LogP contribution in [0.2, 0.25) is 0 Å². The largest absolute Gasteiger partial charge is 0.324 e. The van der Waals surface area contributed by atoms with Crippen LogP contribution in [0.15, 0.2) is 29.2 Å². The van der Waals surface area contributed by atoms with E-state index in [1.54, 1.807) is 12.1 Å². The molecule has 1 aromatic rings. The maximum absolute atomic E-state index is 11.3. The monoisotopic (exact) mass is 266 g/mol. The molecule has 0 bridgehead atoms. The third-order valence-electron chi connectivity index (χ3n) is 3.05. The van der Waals surface area contributed by atoms with E-state index in [0.29, 0.717) is 5.92 Å². The molecular formula is C13H18N2O2S. The van der Waals surface area contributed by atoms with Gasteiger partial charge in [0.2, 0.25) is 10.0 Å². The van der Waals surface area contributed by atoms with Gasteiger partial charge >= 0.3 is 0 Å². The molecular weight excluding hydrogens is 248 g/mol. The Morgan fingerprint density at radius 2 is 2.06 bits per heavy atom. The number of sulfonamides is 1. The lowest BCUT2D eigenvalue weighted by Gasteiger charge is -2.11. The fourth-order valence-electron chi connectivity index (χ4n) is 1.82. The van der Waals surface area contributed by atoms with E-state index in [1.807, 2.05) is 13.0 Å². The van der Waals surface area contributed by atoms with E-state index in [9.17, 15) is 8.42 Å². The van der Waals surface area contributed by atoms with Crippen molar-refractivity contribution < 1.29 is 8.42 Å². The molecule has 0 aliphatic heterocycles. The predicted octanol–water partition coefficient (Wildman–Crippen LogP) is 1.78. The summed E-state index contributed by atoms with van der Waals surface area (Å²) in [5, 5.41) is 5.14. The highest BCUT2D eigenvalue weighted by atomic mass is 32.2. The predicted molar refractivity (Wildman–Crippen MR) is 72.2 cm³/mol. The molecule has 0 amide bonds. The van der Waals surface area contributed by atoms with Gasteiger partial charge in [-0.1, -0.05) is 18.2 Å². The molecule has 0 spiro atoms. The molecule has 0 unspecified atom stereocenters. The standard InChI is InChI=1S/C13H18N2O2S/c1-9(14)13-7-6-12(18(15,16)17)8-11(13)5-4-10-2-3-10/h4-10H,2-3,14H2,1H3,(H2,15,16,17)/b5-4+/t9-/m0/s1. The van der Waals surface area contributed by atoms with Gasteiger partial charge in [0.25, 0.3) is 0 Å². The molecule has 1 aliphatic rings. The zero-order chi connectivity index (χ0) is 13.3. The number of hydrogen-bond acceptors (Lipinski definition) is 3. The molecule has 0 radical (unpaired) electrons. The average molecular weight is 266 g/mol. The fourth-order valence-corrected chi connectivity index (χ4v) is 2.37. The van der Waals surface area contributed by atoms with Crippen LogP contribution in [0.25, 0.3) is 6.08 Å². The number of primary sulfonamides is 1. The van der Waals surface area contributed by atoms with Crippen molar-refractivity contribution in [2.24, 2.45) is 16.8 Å². The summed E-state index contributed by atoms with van der Waals surface area (Å²) in [6, 6.07) is 4.69. The first-order valence-electron chi connectivity index (χ1n) is 5.98. The second-order valence-electron chi connectivity index (χ2n) is 4.82. The SMILES string of the molecule is C[C@H](N)c1ccc(S(N)(=O)=O)cc1/C=C/C1CC1. The van der Waals surface area contributed by atoms with E-state index >= 15 is 0 Å². The Morgan fingerprint density at radius 1 is 1.39 bits per heavy atom. The van der Waals surface area contributed by atoms with Crippen LogP contribution in [0.3, 0.4) is 0 Å². The number of benzene rings is 1. The van der Waals surface area contributed by atoms with Gasteiger partial charge in [-0.2, -0.15) is 0 Å². The summed E-state index contributed by atoms with van der Waals surface area (Å²) >= 11 is 0. The second kappa shape index (κ2) is 4.84. The normalized spacial score (nSPS) is 18.2. The first-order chi connectivity index (χ1) is 8.38. The third-order valence-corrected chi connectivity index (χ3v) is 3.96. The van der Waals surface area contributed by atoms with E-state index in [0.717, 1.165) is 11.1 Å². The third kappa shape index (κ3) is 3.19. The number of rotatable bonds is 4. The Morgan fingerprint density at radius 3 is 2.56 bits per heavy atom. The minimum atomic E-state index is -3.67. The molecule has 5 heteroatoms. The Hall–Kier alpha value is -1.17. The first-order valence-corrected chi connectivity index (χ1v) is 7.53. The van der Waals surface area contributed by atoms with Crippen molar-refractivity contribution in [2.75, 3.05) is 0 Å². The topological polar surface area (TPSA) is 86.2 Å². The van der Waals surface area contributed by atoms with E-state index in [4.69, 9.17) is 10.9 Å². The van der Waals surface area contributed by atoms with Gasteiger partial charge in [-0.3, -0.25) is 0 Å². The highest BCUT2D eigenvalue weighted by Gasteiger charge is 2.18. The maximum Gasteiger partial charge on any atom is 0.238 e. The summed E-state index contributed by atoms with van der Waals surface area (Å²) in [6.07, 6.45) is 6.47. The number of nitrogens with two attached hydrogens (primary N) is 2. The lowest BCUT2D eigenvalue weighted by Crippen LogP contribution is -2.14. The van der Waals surface area contributed by atoms with Gasteiger partial charge in [-0.15, -0.1) is 0 Å². The number of hydrogen-bond donors (Lipinski definition) is 2. The van der Waals surface area contributed by atoms with Crippen LogP contribution >= 0.6 is 0 Å². The summed E-state index contributed by atoms with van der Waals surface area (Å²) < 4.78 is 22.7. The molecule has 4 N–H and O–H groups in total. The molecule has 0 heterocycles. The molecule has 0 saturated heterocycles. The van der Waals surface area contributed by atoms with E-state index in [2.05, 4.69) is 6.08 Å². The average Bonchev–Trinajstić information content (AvgIpc) is 3.08. The van der Waals surface area contributed by atoms with Gasteiger partial charge in [-0.05, 0) is 48.9 Å². The summed E-state index contributed by atoms with van der Waals surface area (Å²) in [6.45, 7) is 1.88. The van der Waals surface area contributed by atoms with Gasteiger partial charge in [0.05, 0.1) is 4.90 Å². The first kappa shape index (κ1) is 13.3. The van der Waals surface area contributed by atoms with Gasteiger partial charge in [0, 0.05) is 6.04 Å². The molecule has 2 rings (SSSR count). The smallest absolute Gasteiger partial charge is 0.238 e. The molecule has 1 aliphatic carbocycles. The molecule has 4 nitrogen and oxygen atoms in total. The van der Waals surface area contributed by atoms with Crippen molar-refractivity contribution >= 4 is 16.1 Å². The van der Waals surface area contributed by atoms with Crippen molar-refractivity contribution in [2.45, 2.75) is 30.7 Å². The maximum atomic E-state index is 11.3. The van der Waals surface area contributed by atoms with Crippen molar-refractivity contribution in [3.05, 3.63) is 35.4 Å². The van der Waals surface area contributed by atoms with Gasteiger partial charge in [0.1, 0.15) is 0 Å². The molecule has 98 valence electrons. The zero-order valence-corrected chi connectivity index (χ0v) is 11.2. The molecule has 1 saturated carbocycles. The van der Waals surface area contributed by atoms with Crippen LogP contribution in [0, 0.1) is 5.92 Å². The van der Waals surface area contributed by atoms with Crippen LogP contribution in [0.1, 0.15) is 36.9 Å². The zero-order valence-electron chi connectivity index (χ0n) is 10.3. The van der Waals surface area contributed by atoms with Crippen LogP contribution in [-0.2, 0) is 10.0 Å². The summed E-state index contributed by atoms with van der Waals surface area (Å²) in [7, 11) is -3.67. The van der Waals surface area contributed by atoms with E-state index < -0.39 is 10.0 Å². The lowest BCUT2D eigenvalue weighted by molar-refractivity contribution is 0.597. The Bertz CT molecular complexity index is 573. The molecule has 1 fully saturated rings. The highest BCUT2D eigenvalue weighted by molar-refractivity contribution is 7.89. The number of allylic oxidation sites excluding steroid dienone is 1. The molecule has 0 aromatic heterocycles. The molecule has 1 atom stereocenters. The fraction of sp³-hybridized carbons (Fsp3) is 0.385. The summed E-state index contributed by atoms with van der Waals surface area (Å²) in [4.78, 5) is 0.127. The van der Waals surface area contributed by atoms with Gasteiger partial charge in [-0.25, -0.2) is 13.6 Å². The summed E-state index contributed by atoms with van der Waals surface area (Å²) in [5.41, 5.74) is 7.65. The second-order valence-corrected chi connectivity index (χ2v) is 6.38. The van der Waals surface area contributed by atoms with Crippen LogP contribution in [-0.4, -0.2) is 8.42 Å². The minimum Gasteiger partial charge on any atom is -0.324 e. The minimum absolute atomic E-state index is 0.127. The molecule has 18 heavy (non-hydrogen) atoms. The lowest BCUT2D eigenvalue weighted by atomic mass is 10.0. The Kier molecular flexibility index (Phi) is 3.56. The van der Waals surface area contributed by atoms with Crippen molar-refractivity contribution in [3.8, 4) is 0 Å². The highest BCUT2D eigenvalue weighted by Crippen LogP contribution is 2.31. The van der Waals surface area contributed by atoms with Crippen molar-refractivity contribution in [3.63, 3.8) is 0 Å². The molecule has 1 aromatic carbocycles. The van der Waals surface area contributed by atoms with Crippen molar-refractivity contribution in [1.82, 2.24) is 0 Å².